The maximum absolute atomic E-state index is 13.0. The molecule has 0 fully saturated rings. The molecule has 0 aliphatic rings. The van der Waals surface area contributed by atoms with E-state index in [4.69, 9.17) is 4.74 Å². The summed E-state index contributed by atoms with van der Waals surface area (Å²) in [4.78, 5) is 15.2. The molecular weight excluding hydrogens is 511 g/mol. The standard InChI is InChI=1S/C15H18FN3O2.U/c1-10(19-14(20)21-15(2,3)4)9-18-13(17)11-6-5-7-12(16)8-11;/h5-8,10H,1-4H3,(H,19,20);/q-2;+2. The molecule has 1 N–H and O–H groups in total. The second kappa shape index (κ2) is 9.06. The summed E-state index contributed by atoms with van der Waals surface area (Å²) in [7, 11) is 0. The Kier molecular flexibility index (Phi) is 8.57. The van der Waals surface area contributed by atoms with Crippen molar-refractivity contribution in [2.75, 3.05) is 0 Å². The topological polar surface area (TPSA) is 73.0 Å². The van der Waals surface area contributed by atoms with E-state index in [2.05, 4.69) is 16.5 Å². The van der Waals surface area contributed by atoms with E-state index >= 15 is 0 Å². The summed E-state index contributed by atoms with van der Waals surface area (Å²) in [6, 6.07) is 4.80. The van der Waals surface area contributed by atoms with E-state index in [1.165, 1.54) is 18.2 Å². The van der Waals surface area contributed by atoms with E-state index < -0.39 is 23.6 Å². The van der Waals surface area contributed by atoms with Crippen molar-refractivity contribution in [1.82, 2.24) is 5.32 Å². The van der Waals surface area contributed by atoms with Crippen LogP contribution in [-0.4, -0.2) is 29.8 Å². The van der Waals surface area contributed by atoms with Crippen molar-refractivity contribution in [2.24, 2.45) is 4.99 Å². The van der Waals surface area contributed by atoms with Gasteiger partial charge in [-0.1, -0.05) is 19.1 Å². The molecule has 0 heterocycles. The molecule has 0 saturated carbocycles. The van der Waals surface area contributed by atoms with Gasteiger partial charge < -0.3 is 20.5 Å². The molecular formula is C15H18FN3O2U. The van der Waals surface area contributed by atoms with Crippen molar-refractivity contribution in [2.45, 2.75) is 39.3 Å². The quantitative estimate of drug-likeness (QED) is 0.372. The Labute approximate surface area is 153 Å². The number of amides is 1. The molecule has 5 nitrogen and oxygen atoms in total. The molecule has 0 aliphatic heterocycles. The van der Waals surface area contributed by atoms with Crippen molar-refractivity contribution in [3.8, 4) is 0 Å². The first-order valence-corrected chi connectivity index (χ1v) is 6.45. The molecule has 0 bridgehead atoms. The summed E-state index contributed by atoms with van der Waals surface area (Å²) in [6.45, 7) is 6.86. The molecule has 0 radical (unpaired) electrons. The summed E-state index contributed by atoms with van der Waals surface area (Å²) in [5, 5.41) is 12.2. The normalized spacial score (nSPS) is 12.4. The third kappa shape index (κ3) is 8.30. The van der Waals surface area contributed by atoms with Gasteiger partial charge in [-0.25, -0.2) is 15.0 Å². The molecule has 1 aromatic carbocycles. The Morgan fingerprint density at radius 1 is 1.45 bits per heavy atom. The van der Waals surface area contributed by atoms with Crippen LogP contribution >= 0.6 is 0 Å². The smallest absolute Gasteiger partial charge is 0.639 e. The largest absolute Gasteiger partial charge is 2.00 e. The number of hydrogen-bond donors (Lipinski definition) is 1. The van der Waals surface area contributed by atoms with Crippen molar-refractivity contribution in [3.63, 3.8) is 0 Å². The van der Waals surface area contributed by atoms with Crippen LogP contribution in [0.15, 0.2) is 29.3 Å². The average Bonchev–Trinajstić information content (AvgIpc) is 2.33. The van der Waals surface area contributed by atoms with Gasteiger partial charge >= 0.3 is 37.2 Å². The van der Waals surface area contributed by atoms with Crippen molar-refractivity contribution < 1.29 is 45.0 Å². The number of nitrogens with one attached hydrogen (secondary N) is 1. The average molecular weight is 529 g/mol. The van der Waals surface area contributed by atoms with E-state index in [1.807, 2.05) is 0 Å². The van der Waals surface area contributed by atoms with E-state index in [0.29, 0.717) is 0 Å². The molecule has 22 heavy (non-hydrogen) atoms. The molecule has 116 valence electrons. The van der Waals surface area contributed by atoms with Crippen molar-refractivity contribution in [3.05, 3.63) is 41.1 Å². The van der Waals surface area contributed by atoms with Crippen LogP contribution in [0.4, 0.5) is 9.18 Å². The Bertz CT molecular complexity index is 556. The van der Waals surface area contributed by atoms with Crippen LogP contribution in [0.3, 0.4) is 0 Å². The van der Waals surface area contributed by atoms with Gasteiger partial charge in [-0.05, 0) is 38.9 Å². The van der Waals surface area contributed by atoms with Crippen LogP contribution < -0.4 is 5.32 Å². The Morgan fingerprint density at radius 2 is 2.09 bits per heavy atom. The van der Waals surface area contributed by atoms with Gasteiger partial charge in [0.15, 0.2) is 0 Å². The summed E-state index contributed by atoms with van der Waals surface area (Å²) >= 11 is 0. The van der Waals surface area contributed by atoms with Gasteiger partial charge in [-0.15, -0.1) is 5.56 Å². The zero-order chi connectivity index (χ0) is 16.0. The summed E-state index contributed by atoms with van der Waals surface area (Å²) < 4.78 is 18.1. The van der Waals surface area contributed by atoms with Gasteiger partial charge in [0.05, 0.1) is 0 Å². The minimum atomic E-state index is -0.608. The molecule has 1 atom stereocenters. The van der Waals surface area contributed by atoms with Gasteiger partial charge in [0, 0.05) is 0 Å². The number of carbonyl (C=O) groups excluding carboxylic acids is 1. The van der Waals surface area contributed by atoms with Crippen LogP contribution in [0.1, 0.15) is 33.3 Å². The minimum absolute atomic E-state index is 0. The van der Waals surface area contributed by atoms with Gasteiger partial charge in [-0.3, -0.25) is 6.21 Å². The van der Waals surface area contributed by atoms with Crippen molar-refractivity contribution >= 4 is 18.1 Å². The van der Waals surface area contributed by atoms with E-state index in [9.17, 15) is 14.6 Å². The maximum atomic E-state index is 13.0. The van der Waals surface area contributed by atoms with Crippen LogP contribution in [0.5, 0.6) is 0 Å². The second-order valence-electron chi connectivity index (χ2n) is 5.44. The van der Waals surface area contributed by atoms with Crippen LogP contribution in [0.25, 0.3) is 5.41 Å². The maximum Gasteiger partial charge on any atom is 2.00 e. The molecule has 0 aliphatic carbocycles. The number of aliphatic imine (C=N–C) groups is 1. The summed E-state index contributed by atoms with van der Waals surface area (Å²) in [5.41, 5.74) is -0.372. The predicted octanol–water partition coefficient (Wildman–Crippen LogP) is 3.00. The van der Waals surface area contributed by atoms with Crippen LogP contribution in [-0.2, 0) is 4.74 Å². The third-order valence-electron chi connectivity index (χ3n) is 2.18. The molecule has 0 saturated heterocycles. The van der Waals surface area contributed by atoms with Crippen LogP contribution in [0.2, 0.25) is 0 Å². The van der Waals surface area contributed by atoms with Gasteiger partial charge in [0.2, 0.25) is 0 Å². The fourth-order valence-electron chi connectivity index (χ4n) is 1.37. The number of halogens is 1. The van der Waals surface area contributed by atoms with E-state index in [0.717, 1.165) is 6.07 Å². The number of hydrogen-bond acceptors (Lipinski definition) is 2. The second-order valence-corrected chi connectivity index (χ2v) is 5.44. The molecule has 1 unspecified atom stereocenters. The Morgan fingerprint density at radius 3 is 2.64 bits per heavy atom. The predicted molar refractivity (Wildman–Crippen MR) is 80.1 cm³/mol. The molecule has 1 aromatic rings. The van der Waals surface area contributed by atoms with E-state index in [-0.39, 0.29) is 42.5 Å². The summed E-state index contributed by atoms with van der Waals surface area (Å²) in [6.07, 6.45) is 1.91. The molecule has 0 spiro atoms. The first-order chi connectivity index (χ1) is 9.67. The zero-order valence-electron chi connectivity index (χ0n) is 13.0. The summed E-state index contributed by atoms with van der Waals surface area (Å²) in [5.74, 6) is -0.860. The number of rotatable bonds is 3. The van der Waals surface area contributed by atoms with E-state index in [1.54, 1.807) is 27.7 Å². The number of nitrogens with zero attached hydrogens (tertiary/aromatic N) is 2. The number of ether oxygens (including phenoxy) is 1. The zero-order valence-corrected chi connectivity index (χ0v) is 17.1. The molecule has 7 heteroatoms. The first-order valence-electron chi connectivity index (χ1n) is 6.45. The van der Waals surface area contributed by atoms with Gasteiger partial charge in [0.25, 0.3) is 0 Å². The number of alkyl carbamates (subject to hydrolysis) is 1. The fraction of sp³-hybridized carbons (Fsp3) is 0.400. The molecule has 0 aromatic heterocycles. The number of carbonyl (C=O) groups is 1. The number of amidine groups is 1. The first kappa shape index (κ1) is 20.8. The van der Waals surface area contributed by atoms with Gasteiger partial charge in [-0.2, -0.15) is 0 Å². The van der Waals surface area contributed by atoms with Crippen molar-refractivity contribution in [1.29, 1.82) is 0 Å². The Balaban J connectivity index is 0.00000441. The minimum Gasteiger partial charge on any atom is -0.639 e. The Hall–Kier alpha value is -1.19. The molecule has 1 rings (SSSR count). The SMILES string of the molecule is CC([C-]=NC(=[N-])c1cccc(F)c1)NC(=O)OC(C)(C)C.[U+2]. The third-order valence-corrected chi connectivity index (χ3v) is 2.18. The fourth-order valence-corrected chi connectivity index (χ4v) is 1.37. The molecule has 1 amide bonds. The van der Waals surface area contributed by atoms with Crippen LogP contribution in [0, 0.1) is 36.9 Å². The monoisotopic (exact) mass is 529 g/mol. The number of benzene rings is 1. The van der Waals surface area contributed by atoms with Gasteiger partial charge in [0.1, 0.15) is 11.4 Å².